The zero-order chi connectivity index (χ0) is 20.2. The molecule has 0 radical (unpaired) electrons. The molecule has 1 N–H and O–H groups in total. The highest BCUT2D eigenvalue weighted by Crippen LogP contribution is 2.40. The lowest BCUT2D eigenvalue weighted by Crippen LogP contribution is -2.25. The van der Waals surface area contributed by atoms with Crippen molar-refractivity contribution in [1.29, 1.82) is 0 Å². The van der Waals surface area contributed by atoms with Crippen LogP contribution in [0.3, 0.4) is 0 Å². The number of amides is 1. The van der Waals surface area contributed by atoms with Gasteiger partial charge in [0.25, 0.3) is 15.9 Å². The second-order valence-electron chi connectivity index (χ2n) is 7.24. The van der Waals surface area contributed by atoms with Gasteiger partial charge in [0.2, 0.25) is 0 Å². The Balaban J connectivity index is 1.89. The molecule has 3 aromatic carbocycles. The zero-order valence-corrected chi connectivity index (χ0v) is 17.1. The smallest absolute Gasteiger partial charge is 0.262 e. The molecule has 0 saturated heterocycles. The van der Waals surface area contributed by atoms with Crippen molar-refractivity contribution in [3.63, 3.8) is 0 Å². The molecule has 6 heteroatoms. The van der Waals surface area contributed by atoms with Gasteiger partial charge in [0.05, 0.1) is 16.3 Å². The van der Waals surface area contributed by atoms with Crippen LogP contribution in [0.4, 0.5) is 11.4 Å². The van der Waals surface area contributed by atoms with Crippen LogP contribution in [-0.2, 0) is 10.0 Å². The van der Waals surface area contributed by atoms with E-state index in [1.54, 1.807) is 35.2 Å². The zero-order valence-electron chi connectivity index (χ0n) is 16.3. The van der Waals surface area contributed by atoms with E-state index in [0.717, 1.165) is 22.4 Å². The summed E-state index contributed by atoms with van der Waals surface area (Å²) >= 11 is 0. The van der Waals surface area contributed by atoms with E-state index in [1.807, 2.05) is 39.8 Å². The predicted octanol–water partition coefficient (Wildman–Crippen LogP) is 4.55. The van der Waals surface area contributed by atoms with Gasteiger partial charge in [-0.05, 0) is 57.0 Å². The maximum absolute atomic E-state index is 13.3. The molecule has 0 fully saturated rings. The van der Waals surface area contributed by atoms with Crippen LogP contribution in [0.25, 0.3) is 10.8 Å². The summed E-state index contributed by atoms with van der Waals surface area (Å²) in [6.45, 7) is 8.21. The number of anilines is 2. The van der Waals surface area contributed by atoms with Crippen LogP contribution in [-0.4, -0.2) is 20.9 Å². The molecule has 5 nitrogen and oxygen atoms in total. The molecule has 0 unspecified atom stereocenters. The highest BCUT2D eigenvalue weighted by molar-refractivity contribution is 7.93. The first kappa shape index (κ1) is 18.5. The van der Waals surface area contributed by atoms with Crippen LogP contribution in [0.2, 0.25) is 0 Å². The van der Waals surface area contributed by atoms with Gasteiger partial charge in [-0.2, -0.15) is 0 Å². The molecule has 28 heavy (non-hydrogen) atoms. The number of rotatable bonds is 4. The third-order valence-electron chi connectivity index (χ3n) is 5.26. The molecule has 1 aliphatic heterocycles. The SMILES string of the molecule is CCN1C(=O)c2cccc3c(S(=O)(=O)Nc4c(C)cc(C)cc4C)ccc1c23. The summed E-state index contributed by atoms with van der Waals surface area (Å²) < 4.78 is 29.3. The van der Waals surface area contributed by atoms with Crippen molar-refractivity contribution in [2.24, 2.45) is 0 Å². The van der Waals surface area contributed by atoms with Gasteiger partial charge in [-0.3, -0.25) is 9.52 Å². The summed E-state index contributed by atoms with van der Waals surface area (Å²) in [6, 6.07) is 12.5. The van der Waals surface area contributed by atoms with Crippen LogP contribution < -0.4 is 9.62 Å². The Kier molecular flexibility index (Phi) is 4.19. The van der Waals surface area contributed by atoms with E-state index in [-0.39, 0.29) is 10.8 Å². The second kappa shape index (κ2) is 6.34. The van der Waals surface area contributed by atoms with E-state index < -0.39 is 10.0 Å². The standard InChI is InChI=1S/C22H22N2O3S/c1-5-24-18-9-10-19(16-7-6-8-17(20(16)18)22(24)25)28(26,27)23-21-14(3)11-13(2)12-15(21)4/h6-12,23H,5H2,1-4H3. The van der Waals surface area contributed by atoms with Gasteiger partial charge in [0.15, 0.2) is 0 Å². The molecule has 0 saturated carbocycles. The molecule has 0 aliphatic carbocycles. The molecule has 0 bridgehead atoms. The average molecular weight is 394 g/mol. The first-order valence-electron chi connectivity index (χ1n) is 9.23. The number of hydrogen-bond acceptors (Lipinski definition) is 3. The van der Waals surface area contributed by atoms with Crippen LogP contribution in [0.1, 0.15) is 34.0 Å². The lowest BCUT2D eigenvalue weighted by molar-refractivity contribution is 0.0994. The third kappa shape index (κ3) is 2.67. The monoisotopic (exact) mass is 394 g/mol. The summed E-state index contributed by atoms with van der Waals surface area (Å²) in [5, 5.41) is 1.27. The van der Waals surface area contributed by atoms with E-state index in [4.69, 9.17) is 0 Å². The van der Waals surface area contributed by atoms with E-state index >= 15 is 0 Å². The lowest BCUT2D eigenvalue weighted by atomic mass is 10.1. The first-order chi connectivity index (χ1) is 13.2. The average Bonchev–Trinajstić information content (AvgIpc) is 2.91. The number of aryl methyl sites for hydroxylation is 3. The number of carbonyl (C=O) groups is 1. The molecule has 0 atom stereocenters. The van der Waals surface area contributed by atoms with Crippen molar-refractivity contribution < 1.29 is 13.2 Å². The summed E-state index contributed by atoms with van der Waals surface area (Å²) in [5.41, 5.74) is 4.74. The number of benzene rings is 3. The van der Waals surface area contributed by atoms with E-state index in [9.17, 15) is 13.2 Å². The largest absolute Gasteiger partial charge is 0.308 e. The van der Waals surface area contributed by atoms with Crippen molar-refractivity contribution >= 4 is 38.1 Å². The number of nitrogens with zero attached hydrogens (tertiary/aromatic N) is 1. The molecule has 0 aromatic heterocycles. The minimum Gasteiger partial charge on any atom is -0.308 e. The fourth-order valence-electron chi connectivity index (χ4n) is 4.10. The van der Waals surface area contributed by atoms with Gasteiger partial charge in [-0.1, -0.05) is 29.8 Å². The molecule has 1 aliphatic rings. The lowest BCUT2D eigenvalue weighted by Gasteiger charge is -2.17. The fraction of sp³-hybridized carbons (Fsp3) is 0.227. The van der Waals surface area contributed by atoms with Crippen LogP contribution in [0.5, 0.6) is 0 Å². The Hall–Kier alpha value is -2.86. The Morgan fingerprint density at radius 3 is 2.32 bits per heavy atom. The molecule has 4 rings (SSSR count). The highest BCUT2D eigenvalue weighted by atomic mass is 32.2. The van der Waals surface area contributed by atoms with Gasteiger partial charge in [0, 0.05) is 22.9 Å². The number of sulfonamides is 1. The van der Waals surface area contributed by atoms with Crippen molar-refractivity contribution in [3.05, 3.63) is 64.7 Å². The molecule has 3 aromatic rings. The van der Waals surface area contributed by atoms with E-state index in [0.29, 0.717) is 28.6 Å². The van der Waals surface area contributed by atoms with E-state index in [2.05, 4.69) is 4.72 Å². The Labute approximate surface area is 165 Å². The van der Waals surface area contributed by atoms with E-state index in [1.165, 1.54) is 0 Å². The van der Waals surface area contributed by atoms with Gasteiger partial charge < -0.3 is 4.90 Å². The summed E-state index contributed by atoms with van der Waals surface area (Å²) in [4.78, 5) is 14.5. The fourth-order valence-corrected chi connectivity index (χ4v) is 5.51. The van der Waals surface area contributed by atoms with Crippen LogP contribution in [0.15, 0.2) is 47.4 Å². The van der Waals surface area contributed by atoms with Crippen molar-refractivity contribution in [2.45, 2.75) is 32.6 Å². The van der Waals surface area contributed by atoms with Gasteiger partial charge >= 0.3 is 0 Å². The Morgan fingerprint density at radius 1 is 1.00 bits per heavy atom. The molecular weight excluding hydrogens is 372 g/mol. The Bertz CT molecular complexity index is 1220. The van der Waals surface area contributed by atoms with Crippen LogP contribution in [0, 0.1) is 20.8 Å². The molecule has 1 amide bonds. The summed E-state index contributed by atoms with van der Waals surface area (Å²) in [7, 11) is -3.83. The molecule has 0 spiro atoms. The summed E-state index contributed by atoms with van der Waals surface area (Å²) in [6.07, 6.45) is 0. The normalized spacial score (nSPS) is 13.4. The van der Waals surface area contributed by atoms with Gasteiger partial charge in [-0.15, -0.1) is 0 Å². The first-order valence-corrected chi connectivity index (χ1v) is 10.7. The minimum absolute atomic E-state index is 0.0872. The number of carbonyl (C=O) groups excluding carboxylic acids is 1. The van der Waals surface area contributed by atoms with Gasteiger partial charge in [-0.25, -0.2) is 8.42 Å². The van der Waals surface area contributed by atoms with Gasteiger partial charge in [0.1, 0.15) is 0 Å². The topological polar surface area (TPSA) is 66.5 Å². The number of hydrogen-bond donors (Lipinski definition) is 1. The third-order valence-corrected chi connectivity index (χ3v) is 6.67. The van der Waals surface area contributed by atoms with Crippen molar-refractivity contribution in [2.75, 3.05) is 16.2 Å². The second-order valence-corrected chi connectivity index (χ2v) is 8.89. The number of nitrogens with one attached hydrogen (secondary N) is 1. The molecule has 144 valence electrons. The minimum atomic E-state index is -3.83. The highest BCUT2D eigenvalue weighted by Gasteiger charge is 2.31. The summed E-state index contributed by atoms with van der Waals surface area (Å²) in [5.74, 6) is -0.0872. The quantitative estimate of drug-likeness (QED) is 0.706. The maximum atomic E-state index is 13.3. The predicted molar refractivity (Wildman–Crippen MR) is 113 cm³/mol. The van der Waals surface area contributed by atoms with Crippen molar-refractivity contribution in [3.8, 4) is 0 Å². The molecular formula is C22H22N2O3S. The Morgan fingerprint density at radius 2 is 1.68 bits per heavy atom. The maximum Gasteiger partial charge on any atom is 0.262 e. The molecule has 1 heterocycles. The van der Waals surface area contributed by atoms with Crippen LogP contribution >= 0.6 is 0 Å². The van der Waals surface area contributed by atoms with Crippen molar-refractivity contribution in [1.82, 2.24) is 0 Å².